The van der Waals surface area contributed by atoms with Crippen LogP contribution >= 0.6 is 15.9 Å². The van der Waals surface area contributed by atoms with Gasteiger partial charge in [0.25, 0.3) is 0 Å². The lowest BCUT2D eigenvalue weighted by Gasteiger charge is -2.11. The van der Waals surface area contributed by atoms with Gasteiger partial charge in [0.05, 0.1) is 17.4 Å². The third kappa shape index (κ3) is 5.21. The van der Waals surface area contributed by atoms with Gasteiger partial charge in [-0.05, 0) is 30.2 Å². The predicted molar refractivity (Wildman–Crippen MR) is 96.4 cm³/mol. The first-order valence-corrected chi connectivity index (χ1v) is 8.18. The van der Waals surface area contributed by atoms with E-state index in [-0.39, 0.29) is 12.3 Å². The molecule has 122 valence electrons. The molecular weight excluding hydrogens is 370 g/mol. The van der Waals surface area contributed by atoms with E-state index in [0.29, 0.717) is 24.2 Å². The van der Waals surface area contributed by atoms with Crippen molar-refractivity contribution in [3.05, 3.63) is 58.6 Å². The Balaban J connectivity index is 1.98. The molecule has 0 aliphatic carbocycles. The summed E-state index contributed by atoms with van der Waals surface area (Å²) in [5, 5.41) is 14.0. The van der Waals surface area contributed by atoms with Crippen LogP contribution in [-0.4, -0.2) is 11.8 Å². The summed E-state index contributed by atoms with van der Waals surface area (Å²) in [6.45, 7) is 0. The molecule has 2 rings (SSSR count). The fraction of sp³-hybridized carbons (Fsp3) is 0.167. The molecule has 2 amide bonds. The van der Waals surface area contributed by atoms with Crippen LogP contribution in [0, 0.1) is 11.3 Å². The number of rotatable bonds is 6. The molecule has 0 fully saturated rings. The van der Waals surface area contributed by atoms with Crippen molar-refractivity contribution < 1.29 is 9.59 Å². The number of nitrogens with zero attached hydrogens (tertiary/aromatic N) is 1. The van der Waals surface area contributed by atoms with E-state index >= 15 is 0 Å². The quantitative estimate of drug-likeness (QED) is 0.791. The molecule has 0 aliphatic rings. The highest BCUT2D eigenvalue weighted by Crippen LogP contribution is 2.22. The number of carbonyl (C=O) groups excluding carboxylic acids is 2. The largest absolute Gasteiger partial charge is 0.324 e. The smallest absolute Gasteiger partial charge is 0.238 e. The molecule has 0 saturated heterocycles. The van der Waals surface area contributed by atoms with Crippen molar-refractivity contribution in [3.8, 4) is 6.07 Å². The van der Waals surface area contributed by atoms with Gasteiger partial charge in [-0.1, -0.05) is 46.3 Å². The molecule has 5 nitrogen and oxygen atoms in total. The van der Waals surface area contributed by atoms with Crippen LogP contribution in [0.2, 0.25) is 0 Å². The van der Waals surface area contributed by atoms with Crippen molar-refractivity contribution in [2.24, 2.45) is 0 Å². The van der Waals surface area contributed by atoms with Gasteiger partial charge in [0, 0.05) is 10.9 Å². The van der Waals surface area contributed by atoms with Crippen LogP contribution in [0.3, 0.4) is 0 Å². The van der Waals surface area contributed by atoms with Crippen LogP contribution in [0.25, 0.3) is 0 Å². The summed E-state index contributed by atoms with van der Waals surface area (Å²) in [4.78, 5) is 23.7. The Labute approximate surface area is 148 Å². The Morgan fingerprint density at radius 1 is 0.958 bits per heavy atom. The normalized spacial score (nSPS) is 9.83. The van der Waals surface area contributed by atoms with Gasteiger partial charge in [0.1, 0.15) is 6.42 Å². The average molecular weight is 386 g/mol. The molecule has 24 heavy (non-hydrogen) atoms. The standard InChI is InChI=1S/C18H16BrN3O2/c19-14-6-2-1-5-13(14)9-10-17(23)21-15-7-3-4-8-16(15)22-18(24)11-12-20/h1-8H,9-11H2,(H,21,23)(H,22,24). The molecular formula is C18H16BrN3O2. The molecule has 2 aromatic rings. The SMILES string of the molecule is N#CCC(=O)Nc1ccccc1NC(=O)CCc1ccccc1Br. The monoisotopic (exact) mass is 385 g/mol. The molecule has 0 atom stereocenters. The first kappa shape index (κ1) is 17.7. The number of anilines is 2. The number of hydrogen-bond acceptors (Lipinski definition) is 3. The van der Waals surface area contributed by atoms with Crippen molar-refractivity contribution in [1.29, 1.82) is 5.26 Å². The number of benzene rings is 2. The molecule has 0 spiro atoms. The van der Waals surface area contributed by atoms with E-state index in [4.69, 9.17) is 5.26 Å². The summed E-state index contributed by atoms with van der Waals surface area (Å²) in [7, 11) is 0. The van der Waals surface area contributed by atoms with Gasteiger partial charge >= 0.3 is 0 Å². The molecule has 0 unspecified atom stereocenters. The van der Waals surface area contributed by atoms with Crippen molar-refractivity contribution in [2.75, 3.05) is 10.6 Å². The lowest BCUT2D eigenvalue weighted by Crippen LogP contribution is -2.16. The van der Waals surface area contributed by atoms with Crippen molar-refractivity contribution >= 4 is 39.1 Å². The molecule has 0 aliphatic heterocycles. The number of amides is 2. The van der Waals surface area contributed by atoms with Gasteiger partial charge < -0.3 is 10.6 Å². The van der Waals surface area contributed by atoms with E-state index in [9.17, 15) is 9.59 Å². The van der Waals surface area contributed by atoms with Crippen molar-refractivity contribution in [3.63, 3.8) is 0 Å². The maximum Gasteiger partial charge on any atom is 0.238 e. The average Bonchev–Trinajstić information content (AvgIpc) is 2.56. The highest BCUT2D eigenvalue weighted by molar-refractivity contribution is 9.10. The van der Waals surface area contributed by atoms with Gasteiger partial charge in [-0.25, -0.2) is 0 Å². The van der Waals surface area contributed by atoms with Gasteiger partial charge in [0.2, 0.25) is 11.8 Å². The van der Waals surface area contributed by atoms with Crippen LogP contribution in [0.5, 0.6) is 0 Å². The van der Waals surface area contributed by atoms with Crippen LogP contribution in [0.15, 0.2) is 53.0 Å². The lowest BCUT2D eigenvalue weighted by atomic mass is 10.1. The highest BCUT2D eigenvalue weighted by atomic mass is 79.9. The molecule has 0 bridgehead atoms. The van der Waals surface area contributed by atoms with Gasteiger partial charge in [-0.3, -0.25) is 9.59 Å². The van der Waals surface area contributed by atoms with Crippen LogP contribution < -0.4 is 10.6 Å². The van der Waals surface area contributed by atoms with Crippen molar-refractivity contribution in [2.45, 2.75) is 19.3 Å². The number of hydrogen-bond donors (Lipinski definition) is 2. The third-order valence-electron chi connectivity index (χ3n) is 3.29. The first-order valence-electron chi connectivity index (χ1n) is 7.39. The number of para-hydroxylation sites is 2. The van der Waals surface area contributed by atoms with Crippen molar-refractivity contribution in [1.82, 2.24) is 0 Å². The Hall–Kier alpha value is -2.65. The Morgan fingerprint density at radius 2 is 1.54 bits per heavy atom. The number of aryl methyl sites for hydroxylation is 1. The fourth-order valence-corrected chi connectivity index (χ4v) is 2.61. The number of halogens is 1. The zero-order valence-electron chi connectivity index (χ0n) is 12.9. The second-order valence-electron chi connectivity index (χ2n) is 5.07. The second kappa shape index (κ2) is 8.85. The first-order chi connectivity index (χ1) is 11.6. The molecule has 2 N–H and O–H groups in total. The summed E-state index contributed by atoms with van der Waals surface area (Å²) in [5.41, 5.74) is 2.05. The van der Waals surface area contributed by atoms with E-state index in [2.05, 4.69) is 26.6 Å². The number of nitriles is 1. The second-order valence-corrected chi connectivity index (χ2v) is 5.92. The number of nitrogens with one attached hydrogen (secondary N) is 2. The van der Waals surface area contributed by atoms with E-state index in [1.54, 1.807) is 30.3 Å². The maximum atomic E-state index is 12.2. The number of carbonyl (C=O) groups is 2. The summed E-state index contributed by atoms with van der Waals surface area (Å²) >= 11 is 3.46. The summed E-state index contributed by atoms with van der Waals surface area (Å²) in [6.07, 6.45) is 0.698. The molecule has 0 heterocycles. The van der Waals surface area contributed by atoms with E-state index in [1.165, 1.54) is 0 Å². The molecule has 2 aromatic carbocycles. The summed E-state index contributed by atoms with van der Waals surface area (Å²) in [5.74, 6) is -0.555. The Bertz CT molecular complexity index is 784. The minimum atomic E-state index is -0.410. The predicted octanol–water partition coefficient (Wildman–Crippen LogP) is 3.87. The summed E-state index contributed by atoms with van der Waals surface area (Å²) in [6, 6.07) is 16.4. The van der Waals surface area contributed by atoms with Gasteiger partial charge in [-0.15, -0.1) is 0 Å². The maximum absolute atomic E-state index is 12.2. The van der Waals surface area contributed by atoms with E-state index in [1.807, 2.05) is 24.3 Å². The van der Waals surface area contributed by atoms with E-state index < -0.39 is 5.91 Å². The van der Waals surface area contributed by atoms with Gasteiger partial charge in [0.15, 0.2) is 0 Å². The topological polar surface area (TPSA) is 82.0 Å². The zero-order valence-corrected chi connectivity index (χ0v) is 14.5. The third-order valence-corrected chi connectivity index (χ3v) is 4.07. The van der Waals surface area contributed by atoms with E-state index in [0.717, 1.165) is 10.0 Å². The van der Waals surface area contributed by atoms with Crippen LogP contribution in [0.1, 0.15) is 18.4 Å². The Kier molecular flexibility index (Phi) is 6.52. The molecule has 0 aromatic heterocycles. The lowest BCUT2D eigenvalue weighted by molar-refractivity contribution is -0.116. The molecule has 0 radical (unpaired) electrons. The molecule has 6 heteroatoms. The minimum absolute atomic E-state index is 0.146. The summed E-state index contributed by atoms with van der Waals surface area (Å²) < 4.78 is 0.974. The zero-order chi connectivity index (χ0) is 17.4. The van der Waals surface area contributed by atoms with Gasteiger partial charge in [-0.2, -0.15) is 5.26 Å². The Morgan fingerprint density at radius 3 is 2.17 bits per heavy atom. The van der Waals surface area contributed by atoms with Crippen LogP contribution in [-0.2, 0) is 16.0 Å². The highest BCUT2D eigenvalue weighted by Gasteiger charge is 2.10. The molecule has 0 saturated carbocycles. The van der Waals surface area contributed by atoms with Crippen LogP contribution in [0.4, 0.5) is 11.4 Å². The fourth-order valence-electron chi connectivity index (χ4n) is 2.13. The minimum Gasteiger partial charge on any atom is -0.324 e.